The summed E-state index contributed by atoms with van der Waals surface area (Å²) in [7, 11) is 0. The number of benzene rings is 2. The molecule has 1 fully saturated rings. The first-order valence-corrected chi connectivity index (χ1v) is 11.4. The van der Waals surface area contributed by atoms with Crippen molar-refractivity contribution in [2.24, 2.45) is 0 Å². The summed E-state index contributed by atoms with van der Waals surface area (Å²) in [6.45, 7) is 13.7. The number of hydrogen-bond donors (Lipinski definition) is 0. The number of hydroxylamine groups is 4. The molecule has 0 N–H and O–H groups in total. The van der Waals surface area contributed by atoms with E-state index in [9.17, 15) is 0 Å². The van der Waals surface area contributed by atoms with Crippen LogP contribution in [0.4, 0.5) is 0 Å². The van der Waals surface area contributed by atoms with Gasteiger partial charge >= 0.3 is 0 Å². The van der Waals surface area contributed by atoms with Gasteiger partial charge in [0.1, 0.15) is 0 Å². The standard InChI is InChI=1S/C26H38N2O2/c1-21-13-22(2)16-25(15-21)19-27-9-8-10-28(30-12-7-5-6-11-29-27)20-26-17-23(3)14-24(4)18-26/h13-18H,5-12,19-20H2,1-4H3. The molecule has 0 saturated carbocycles. The topological polar surface area (TPSA) is 24.9 Å². The number of nitrogens with zero attached hydrogens (tertiary/aromatic N) is 2. The first-order valence-electron chi connectivity index (χ1n) is 11.4. The zero-order valence-electron chi connectivity index (χ0n) is 19.2. The van der Waals surface area contributed by atoms with E-state index >= 15 is 0 Å². The van der Waals surface area contributed by atoms with E-state index in [2.05, 4.69) is 74.2 Å². The Morgan fingerprint density at radius 1 is 0.567 bits per heavy atom. The Morgan fingerprint density at radius 3 is 1.37 bits per heavy atom. The third-order valence-corrected chi connectivity index (χ3v) is 5.43. The summed E-state index contributed by atoms with van der Waals surface area (Å²) in [5, 5.41) is 4.29. The van der Waals surface area contributed by atoms with E-state index in [0.717, 1.165) is 65.1 Å². The molecule has 2 aromatic carbocycles. The van der Waals surface area contributed by atoms with Crippen molar-refractivity contribution in [3.63, 3.8) is 0 Å². The number of aryl methyl sites for hydroxylation is 4. The van der Waals surface area contributed by atoms with Crippen molar-refractivity contribution >= 4 is 0 Å². The second-order valence-corrected chi connectivity index (χ2v) is 8.80. The smallest absolute Gasteiger partial charge is 0.0685 e. The minimum atomic E-state index is 0.789. The van der Waals surface area contributed by atoms with Crippen LogP contribution in [0.25, 0.3) is 0 Å². The van der Waals surface area contributed by atoms with Crippen LogP contribution in [0.3, 0.4) is 0 Å². The molecule has 1 aliphatic rings. The molecule has 0 amide bonds. The lowest BCUT2D eigenvalue weighted by atomic mass is 10.1. The molecule has 0 spiro atoms. The highest BCUT2D eigenvalue weighted by Gasteiger charge is 2.13. The van der Waals surface area contributed by atoms with Crippen molar-refractivity contribution in [3.8, 4) is 0 Å². The molecule has 0 bridgehead atoms. The van der Waals surface area contributed by atoms with Crippen LogP contribution in [0, 0.1) is 27.7 Å². The summed E-state index contributed by atoms with van der Waals surface area (Å²) in [6.07, 6.45) is 4.29. The predicted molar refractivity (Wildman–Crippen MR) is 123 cm³/mol. The molecular formula is C26H38N2O2. The summed E-state index contributed by atoms with van der Waals surface area (Å²) >= 11 is 0. The summed E-state index contributed by atoms with van der Waals surface area (Å²) in [6, 6.07) is 13.5. The van der Waals surface area contributed by atoms with E-state index in [1.54, 1.807) is 0 Å². The van der Waals surface area contributed by atoms with E-state index in [-0.39, 0.29) is 0 Å². The molecule has 30 heavy (non-hydrogen) atoms. The zero-order chi connectivity index (χ0) is 21.3. The zero-order valence-corrected chi connectivity index (χ0v) is 19.2. The Bertz CT molecular complexity index is 700. The van der Waals surface area contributed by atoms with Crippen LogP contribution in [0.15, 0.2) is 36.4 Å². The SMILES string of the molecule is Cc1cc(C)cc(CN2CCCN(Cc3cc(C)cc(C)c3)OCCCCCO2)c1. The van der Waals surface area contributed by atoms with Gasteiger partial charge in [0.15, 0.2) is 0 Å². The Hall–Kier alpha value is -1.72. The van der Waals surface area contributed by atoms with Crippen molar-refractivity contribution in [2.75, 3.05) is 26.3 Å². The molecular weight excluding hydrogens is 372 g/mol. The van der Waals surface area contributed by atoms with Crippen LogP contribution in [0.2, 0.25) is 0 Å². The molecule has 0 atom stereocenters. The second-order valence-electron chi connectivity index (χ2n) is 8.80. The van der Waals surface area contributed by atoms with Crippen LogP contribution in [-0.4, -0.2) is 36.4 Å². The molecule has 0 aromatic heterocycles. The van der Waals surface area contributed by atoms with Gasteiger partial charge in [-0.1, -0.05) is 58.7 Å². The normalized spacial score (nSPS) is 18.0. The van der Waals surface area contributed by atoms with Crippen LogP contribution in [-0.2, 0) is 22.8 Å². The van der Waals surface area contributed by atoms with E-state index in [1.165, 1.54) is 33.4 Å². The maximum atomic E-state index is 6.16. The Kier molecular flexibility index (Phi) is 8.88. The van der Waals surface area contributed by atoms with Crippen molar-refractivity contribution in [2.45, 2.75) is 66.5 Å². The lowest BCUT2D eigenvalue weighted by Gasteiger charge is -2.27. The number of rotatable bonds is 4. The van der Waals surface area contributed by atoms with Gasteiger partial charge in [-0.25, -0.2) is 0 Å². The fraction of sp³-hybridized carbons (Fsp3) is 0.538. The van der Waals surface area contributed by atoms with E-state index < -0.39 is 0 Å². The largest absolute Gasteiger partial charge is 0.299 e. The van der Waals surface area contributed by atoms with E-state index in [0.29, 0.717) is 0 Å². The van der Waals surface area contributed by atoms with Gasteiger partial charge < -0.3 is 0 Å². The third-order valence-electron chi connectivity index (χ3n) is 5.43. The van der Waals surface area contributed by atoms with Crippen LogP contribution >= 0.6 is 0 Å². The van der Waals surface area contributed by atoms with Crippen LogP contribution in [0.5, 0.6) is 0 Å². The molecule has 0 radical (unpaired) electrons. The second kappa shape index (κ2) is 11.6. The highest BCUT2D eigenvalue weighted by molar-refractivity contribution is 5.29. The molecule has 4 heteroatoms. The Morgan fingerprint density at radius 2 is 0.967 bits per heavy atom. The fourth-order valence-corrected chi connectivity index (χ4v) is 4.30. The van der Waals surface area contributed by atoms with Gasteiger partial charge in [-0.05, 0) is 64.5 Å². The van der Waals surface area contributed by atoms with Crippen molar-refractivity contribution in [1.29, 1.82) is 0 Å². The molecule has 1 aliphatic heterocycles. The van der Waals surface area contributed by atoms with Gasteiger partial charge in [-0.2, -0.15) is 10.1 Å². The van der Waals surface area contributed by atoms with Gasteiger partial charge in [-0.3, -0.25) is 9.68 Å². The lowest BCUT2D eigenvalue weighted by Crippen LogP contribution is -2.31. The molecule has 1 heterocycles. The maximum Gasteiger partial charge on any atom is 0.0685 e. The predicted octanol–water partition coefficient (Wildman–Crippen LogP) is 5.66. The first-order chi connectivity index (χ1) is 14.5. The maximum absolute atomic E-state index is 6.16. The Labute approximate surface area is 182 Å². The van der Waals surface area contributed by atoms with E-state index in [4.69, 9.17) is 9.68 Å². The molecule has 0 aliphatic carbocycles. The van der Waals surface area contributed by atoms with Gasteiger partial charge in [0, 0.05) is 26.2 Å². The van der Waals surface area contributed by atoms with Crippen LogP contribution < -0.4 is 0 Å². The molecule has 4 nitrogen and oxygen atoms in total. The van der Waals surface area contributed by atoms with Gasteiger partial charge in [-0.15, -0.1) is 0 Å². The molecule has 0 unspecified atom stereocenters. The highest BCUT2D eigenvalue weighted by atomic mass is 16.7. The fourth-order valence-electron chi connectivity index (χ4n) is 4.30. The van der Waals surface area contributed by atoms with Gasteiger partial charge in [0.05, 0.1) is 13.2 Å². The third kappa shape index (κ3) is 7.84. The monoisotopic (exact) mass is 410 g/mol. The van der Waals surface area contributed by atoms with Crippen molar-refractivity contribution in [3.05, 3.63) is 69.8 Å². The lowest BCUT2D eigenvalue weighted by molar-refractivity contribution is -0.190. The van der Waals surface area contributed by atoms with Gasteiger partial charge in [0.2, 0.25) is 0 Å². The number of hydrogen-bond acceptors (Lipinski definition) is 4. The Balaban J connectivity index is 1.61. The molecule has 164 valence electrons. The van der Waals surface area contributed by atoms with Crippen molar-refractivity contribution < 1.29 is 9.68 Å². The molecule has 3 rings (SSSR count). The van der Waals surface area contributed by atoms with Crippen LogP contribution in [0.1, 0.15) is 59.1 Å². The minimum Gasteiger partial charge on any atom is -0.299 e. The summed E-state index contributed by atoms with van der Waals surface area (Å²) < 4.78 is 0. The van der Waals surface area contributed by atoms with Crippen molar-refractivity contribution in [1.82, 2.24) is 10.1 Å². The quantitative estimate of drug-likeness (QED) is 0.649. The summed E-state index contributed by atoms with van der Waals surface area (Å²) in [5.41, 5.74) is 7.89. The highest BCUT2D eigenvalue weighted by Crippen LogP contribution is 2.15. The average Bonchev–Trinajstić information content (AvgIpc) is 2.63. The first kappa shape index (κ1) is 23.0. The average molecular weight is 411 g/mol. The van der Waals surface area contributed by atoms with Gasteiger partial charge in [0.25, 0.3) is 0 Å². The van der Waals surface area contributed by atoms with E-state index in [1.807, 2.05) is 0 Å². The molecule has 1 saturated heterocycles. The minimum absolute atomic E-state index is 0.789. The summed E-state index contributed by atoms with van der Waals surface area (Å²) in [5.74, 6) is 0. The summed E-state index contributed by atoms with van der Waals surface area (Å²) in [4.78, 5) is 12.3. The molecule has 2 aromatic rings.